The highest BCUT2D eigenvalue weighted by Crippen LogP contribution is 2.23. The summed E-state index contributed by atoms with van der Waals surface area (Å²) in [5, 5.41) is 9.34. The van der Waals surface area contributed by atoms with Crippen LogP contribution in [0.25, 0.3) is 0 Å². The zero-order valence-electron chi connectivity index (χ0n) is 9.64. The number of nitrogens with zero attached hydrogens (tertiary/aromatic N) is 1. The molecule has 1 N–H and O–H groups in total. The summed E-state index contributed by atoms with van der Waals surface area (Å²) in [7, 11) is 0. The first-order valence-electron chi connectivity index (χ1n) is 5.32. The molecule has 0 atom stereocenters. The molecule has 0 aliphatic rings. The number of hydrogen-bond acceptors (Lipinski definition) is 3. The van der Waals surface area contributed by atoms with E-state index in [9.17, 15) is 9.18 Å². The Kier molecular flexibility index (Phi) is 3.97. The van der Waals surface area contributed by atoms with Crippen LogP contribution in [-0.4, -0.2) is 16.1 Å². The second-order valence-electron chi connectivity index (χ2n) is 3.67. The van der Waals surface area contributed by atoms with Gasteiger partial charge in [-0.25, -0.2) is 9.18 Å². The number of carboxylic acid groups (broad SMARTS) is 1. The third-order valence-corrected chi connectivity index (χ3v) is 2.77. The molecule has 19 heavy (non-hydrogen) atoms. The van der Waals surface area contributed by atoms with E-state index in [2.05, 4.69) is 4.98 Å². The molecule has 0 saturated carbocycles. The molecule has 2 rings (SSSR count). The molecule has 0 bridgehead atoms. The van der Waals surface area contributed by atoms with Gasteiger partial charge in [-0.2, -0.15) is 0 Å². The van der Waals surface area contributed by atoms with E-state index in [4.69, 9.17) is 21.4 Å². The smallest absolute Gasteiger partial charge is 0.342 e. The van der Waals surface area contributed by atoms with Crippen LogP contribution in [0.1, 0.15) is 15.9 Å². The Morgan fingerprint density at radius 2 is 2.21 bits per heavy atom. The van der Waals surface area contributed by atoms with Crippen LogP contribution in [-0.2, 0) is 6.61 Å². The average molecular weight is 282 g/mol. The van der Waals surface area contributed by atoms with E-state index in [0.717, 1.165) is 6.07 Å². The summed E-state index contributed by atoms with van der Waals surface area (Å²) < 4.78 is 18.7. The van der Waals surface area contributed by atoms with Gasteiger partial charge in [-0.1, -0.05) is 17.7 Å². The Bertz CT molecular complexity index is 619. The van der Waals surface area contributed by atoms with Crippen LogP contribution in [0.3, 0.4) is 0 Å². The first kappa shape index (κ1) is 13.3. The summed E-state index contributed by atoms with van der Waals surface area (Å²) in [4.78, 5) is 14.8. The fourth-order valence-electron chi connectivity index (χ4n) is 1.51. The SMILES string of the molecule is O=C(O)c1c(F)cccc1OCc1ccncc1Cl. The molecule has 4 nitrogen and oxygen atoms in total. The van der Waals surface area contributed by atoms with Crippen molar-refractivity contribution >= 4 is 17.6 Å². The van der Waals surface area contributed by atoms with Crippen molar-refractivity contribution in [2.75, 3.05) is 0 Å². The molecule has 0 aliphatic heterocycles. The molecule has 1 aromatic carbocycles. The van der Waals surface area contributed by atoms with Crippen molar-refractivity contribution in [2.24, 2.45) is 0 Å². The molecule has 0 spiro atoms. The second kappa shape index (κ2) is 5.67. The van der Waals surface area contributed by atoms with Crippen LogP contribution in [0, 0.1) is 5.82 Å². The van der Waals surface area contributed by atoms with Gasteiger partial charge in [-0.05, 0) is 18.2 Å². The number of benzene rings is 1. The highest BCUT2D eigenvalue weighted by atomic mass is 35.5. The van der Waals surface area contributed by atoms with Crippen molar-refractivity contribution in [3.63, 3.8) is 0 Å². The molecule has 1 aromatic heterocycles. The summed E-state index contributed by atoms with van der Waals surface area (Å²) in [5.74, 6) is -2.26. The maximum absolute atomic E-state index is 13.4. The first-order valence-corrected chi connectivity index (χ1v) is 5.70. The first-order chi connectivity index (χ1) is 9.09. The van der Waals surface area contributed by atoms with Crippen molar-refractivity contribution < 1.29 is 19.0 Å². The summed E-state index contributed by atoms with van der Waals surface area (Å²) in [6, 6.07) is 5.48. The molecule has 1 heterocycles. The number of hydrogen-bond donors (Lipinski definition) is 1. The molecule has 0 fully saturated rings. The highest BCUT2D eigenvalue weighted by molar-refractivity contribution is 6.31. The molecule has 6 heteroatoms. The Morgan fingerprint density at radius 3 is 2.89 bits per heavy atom. The fraction of sp³-hybridized carbons (Fsp3) is 0.0769. The Balaban J connectivity index is 2.23. The van der Waals surface area contributed by atoms with E-state index in [-0.39, 0.29) is 12.4 Å². The molecule has 0 radical (unpaired) electrons. The standard InChI is InChI=1S/C13H9ClFNO3/c14-9-6-16-5-4-8(9)7-19-11-3-1-2-10(15)12(11)13(17)18/h1-6H,7H2,(H,17,18). The molecular weight excluding hydrogens is 273 g/mol. The van der Waals surface area contributed by atoms with Crippen LogP contribution in [0.4, 0.5) is 4.39 Å². The maximum atomic E-state index is 13.4. The van der Waals surface area contributed by atoms with Crippen molar-refractivity contribution in [1.29, 1.82) is 0 Å². The quantitative estimate of drug-likeness (QED) is 0.935. The van der Waals surface area contributed by atoms with Crippen LogP contribution >= 0.6 is 11.6 Å². The van der Waals surface area contributed by atoms with Gasteiger partial charge in [0.1, 0.15) is 23.7 Å². The minimum Gasteiger partial charge on any atom is -0.488 e. The summed E-state index contributed by atoms with van der Waals surface area (Å²) in [6.07, 6.45) is 2.98. The zero-order valence-corrected chi connectivity index (χ0v) is 10.4. The van der Waals surface area contributed by atoms with E-state index in [0.29, 0.717) is 10.6 Å². The maximum Gasteiger partial charge on any atom is 0.342 e. The van der Waals surface area contributed by atoms with E-state index >= 15 is 0 Å². The number of pyridine rings is 1. The molecule has 0 saturated heterocycles. The predicted octanol–water partition coefficient (Wildman–Crippen LogP) is 3.15. The number of aromatic nitrogens is 1. The second-order valence-corrected chi connectivity index (χ2v) is 4.08. The van der Waals surface area contributed by atoms with Crippen molar-refractivity contribution in [3.05, 3.63) is 58.6 Å². The number of halogens is 2. The topological polar surface area (TPSA) is 59.4 Å². The normalized spacial score (nSPS) is 10.2. The van der Waals surface area contributed by atoms with Crippen LogP contribution in [0.5, 0.6) is 5.75 Å². The van der Waals surface area contributed by atoms with Gasteiger partial charge in [-0.15, -0.1) is 0 Å². The van der Waals surface area contributed by atoms with Gasteiger partial charge in [0, 0.05) is 18.0 Å². The number of carboxylic acids is 1. The lowest BCUT2D eigenvalue weighted by atomic mass is 10.2. The number of carbonyl (C=O) groups is 1. The van der Waals surface area contributed by atoms with Crippen molar-refractivity contribution in [2.45, 2.75) is 6.61 Å². The molecule has 0 unspecified atom stereocenters. The Labute approximate surface area is 113 Å². The zero-order chi connectivity index (χ0) is 13.8. The number of ether oxygens (including phenoxy) is 1. The third-order valence-electron chi connectivity index (χ3n) is 2.43. The summed E-state index contributed by atoms with van der Waals surface area (Å²) in [5.41, 5.74) is 0.143. The van der Waals surface area contributed by atoms with E-state index < -0.39 is 17.3 Å². The van der Waals surface area contributed by atoms with E-state index in [1.54, 1.807) is 6.07 Å². The van der Waals surface area contributed by atoms with Gasteiger partial charge in [0.05, 0.1) is 5.02 Å². The van der Waals surface area contributed by atoms with Gasteiger partial charge in [0.2, 0.25) is 0 Å². The monoisotopic (exact) mass is 281 g/mol. The average Bonchev–Trinajstić information content (AvgIpc) is 2.37. The Hall–Kier alpha value is -2.14. The lowest BCUT2D eigenvalue weighted by Gasteiger charge is -2.10. The van der Waals surface area contributed by atoms with Gasteiger partial charge in [0.15, 0.2) is 0 Å². The largest absolute Gasteiger partial charge is 0.488 e. The molecule has 2 aromatic rings. The fourth-order valence-corrected chi connectivity index (χ4v) is 1.68. The van der Waals surface area contributed by atoms with Gasteiger partial charge >= 0.3 is 5.97 Å². The van der Waals surface area contributed by atoms with Crippen molar-refractivity contribution in [1.82, 2.24) is 4.98 Å². The van der Waals surface area contributed by atoms with Gasteiger partial charge < -0.3 is 9.84 Å². The van der Waals surface area contributed by atoms with Crippen molar-refractivity contribution in [3.8, 4) is 5.75 Å². The van der Waals surface area contributed by atoms with Gasteiger partial charge in [-0.3, -0.25) is 4.98 Å². The summed E-state index contributed by atoms with van der Waals surface area (Å²) in [6.45, 7) is 0.0328. The number of aromatic carboxylic acids is 1. The molecular formula is C13H9ClFNO3. The molecule has 0 amide bonds. The minimum absolute atomic E-state index is 0.0328. The van der Waals surface area contributed by atoms with Gasteiger partial charge in [0.25, 0.3) is 0 Å². The molecule has 0 aliphatic carbocycles. The highest BCUT2D eigenvalue weighted by Gasteiger charge is 2.17. The van der Waals surface area contributed by atoms with E-state index in [1.165, 1.54) is 24.5 Å². The lowest BCUT2D eigenvalue weighted by molar-refractivity contribution is 0.0686. The Morgan fingerprint density at radius 1 is 1.42 bits per heavy atom. The van der Waals surface area contributed by atoms with Crippen LogP contribution < -0.4 is 4.74 Å². The third kappa shape index (κ3) is 3.00. The van der Waals surface area contributed by atoms with Crippen LogP contribution in [0.2, 0.25) is 5.02 Å². The predicted molar refractivity (Wildman–Crippen MR) is 66.9 cm³/mol. The van der Waals surface area contributed by atoms with E-state index in [1.807, 2.05) is 0 Å². The summed E-state index contributed by atoms with van der Waals surface area (Å²) >= 11 is 5.89. The molecule has 98 valence electrons. The minimum atomic E-state index is -1.38. The number of rotatable bonds is 4. The lowest BCUT2D eigenvalue weighted by Crippen LogP contribution is -2.06. The van der Waals surface area contributed by atoms with Crippen LogP contribution in [0.15, 0.2) is 36.7 Å².